The molecule has 0 aliphatic carbocycles. The summed E-state index contributed by atoms with van der Waals surface area (Å²) >= 11 is 4.78. The van der Waals surface area contributed by atoms with Crippen molar-refractivity contribution in [3.8, 4) is 0 Å². The maximum atomic E-state index is 11.9. The van der Waals surface area contributed by atoms with Crippen molar-refractivity contribution in [1.29, 1.82) is 0 Å². The second kappa shape index (κ2) is 7.33. The number of esters is 1. The summed E-state index contributed by atoms with van der Waals surface area (Å²) in [5.74, 6) is -0.915. The lowest BCUT2D eigenvalue weighted by molar-refractivity contribution is -0.129. The molecule has 2 heterocycles. The zero-order valence-corrected chi connectivity index (χ0v) is 13.6. The molecule has 2 aromatic heterocycles. The third kappa shape index (κ3) is 4.64. The summed E-state index contributed by atoms with van der Waals surface area (Å²) < 4.78 is 5.79. The van der Waals surface area contributed by atoms with Crippen LogP contribution in [0.25, 0.3) is 0 Å². The van der Waals surface area contributed by atoms with Crippen LogP contribution < -0.4 is 5.32 Å². The largest absolute Gasteiger partial charge is 0.449 e. The van der Waals surface area contributed by atoms with E-state index in [2.05, 4.69) is 26.2 Å². The molecule has 0 bridgehead atoms. The van der Waals surface area contributed by atoms with Crippen LogP contribution in [0.2, 0.25) is 0 Å². The Labute approximate surface area is 134 Å². The van der Waals surface area contributed by atoms with Gasteiger partial charge < -0.3 is 10.1 Å². The molecule has 0 aliphatic heterocycles. The molecule has 2 aromatic rings. The average molecular weight is 369 g/mol. The molecular formula is C14H13BrN2O3S. The molecule has 0 fully saturated rings. The van der Waals surface area contributed by atoms with Crippen molar-refractivity contribution in [2.45, 2.75) is 19.6 Å². The zero-order chi connectivity index (χ0) is 15.2. The Morgan fingerprint density at radius 2 is 2.29 bits per heavy atom. The highest BCUT2D eigenvalue weighted by molar-refractivity contribution is 9.10. The molecule has 2 rings (SSSR count). The Hall–Kier alpha value is -1.73. The van der Waals surface area contributed by atoms with E-state index in [-0.39, 0.29) is 5.91 Å². The van der Waals surface area contributed by atoms with Gasteiger partial charge in [-0.05, 0) is 40.4 Å². The molecule has 1 amide bonds. The van der Waals surface area contributed by atoms with Gasteiger partial charge in [0, 0.05) is 21.7 Å². The first kappa shape index (κ1) is 15.7. The molecule has 0 saturated heterocycles. The summed E-state index contributed by atoms with van der Waals surface area (Å²) in [7, 11) is 0. The van der Waals surface area contributed by atoms with Crippen molar-refractivity contribution in [2.24, 2.45) is 0 Å². The van der Waals surface area contributed by atoms with E-state index in [0.29, 0.717) is 16.6 Å². The highest BCUT2D eigenvalue weighted by atomic mass is 79.9. The Morgan fingerprint density at radius 1 is 1.48 bits per heavy atom. The van der Waals surface area contributed by atoms with Gasteiger partial charge in [0.1, 0.15) is 0 Å². The minimum Gasteiger partial charge on any atom is -0.449 e. The minimum atomic E-state index is -0.864. The quantitative estimate of drug-likeness (QED) is 0.823. The van der Waals surface area contributed by atoms with E-state index < -0.39 is 12.1 Å². The summed E-state index contributed by atoms with van der Waals surface area (Å²) in [5, 5.41) is 4.66. The van der Waals surface area contributed by atoms with E-state index in [4.69, 9.17) is 4.74 Å². The van der Waals surface area contributed by atoms with E-state index in [1.807, 2.05) is 17.5 Å². The van der Waals surface area contributed by atoms with Crippen LogP contribution in [0.5, 0.6) is 0 Å². The predicted octanol–water partition coefficient (Wildman–Crippen LogP) is 2.77. The average Bonchev–Trinajstić information content (AvgIpc) is 2.97. The van der Waals surface area contributed by atoms with Crippen molar-refractivity contribution < 1.29 is 14.3 Å². The number of pyridine rings is 1. The zero-order valence-electron chi connectivity index (χ0n) is 11.2. The van der Waals surface area contributed by atoms with Crippen molar-refractivity contribution in [2.75, 3.05) is 0 Å². The van der Waals surface area contributed by atoms with E-state index in [0.717, 1.165) is 4.88 Å². The summed E-state index contributed by atoms with van der Waals surface area (Å²) in [6, 6.07) is 5.43. The maximum Gasteiger partial charge on any atom is 0.340 e. The normalized spacial score (nSPS) is 11.7. The topological polar surface area (TPSA) is 68.3 Å². The fourth-order valence-electron chi connectivity index (χ4n) is 1.54. The molecule has 21 heavy (non-hydrogen) atoms. The Bertz CT molecular complexity index is 631. The Kier molecular flexibility index (Phi) is 5.46. The third-order valence-corrected chi connectivity index (χ3v) is 3.92. The van der Waals surface area contributed by atoms with Gasteiger partial charge >= 0.3 is 5.97 Å². The summed E-state index contributed by atoms with van der Waals surface area (Å²) in [4.78, 5) is 28.7. The number of nitrogens with one attached hydrogen (secondary N) is 1. The van der Waals surface area contributed by atoms with Gasteiger partial charge in [-0.25, -0.2) is 4.79 Å². The molecule has 110 valence electrons. The van der Waals surface area contributed by atoms with Crippen molar-refractivity contribution >= 4 is 39.1 Å². The number of rotatable bonds is 5. The molecule has 0 spiro atoms. The standard InChI is InChI=1S/C14H13BrN2O3S/c1-9(13(18)17-8-12-3-2-4-21-12)20-14(19)10-5-11(15)7-16-6-10/h2-7,9H,8H2,1H3,(H,17,18). The van der Waals surface area contributed by atoms with Crippen LogP contribution in [-0.2, 0) is 16.1 Å². The van der Waals surface area contributed by atoms with Gasteiger partial charge in [0.05, 0.1) is 12.1 Å². The maximum absolute atomic E-state index is 11.9. The lowest BCUT2D eigenvalue weighted by atomic mass is 10.3. The van der Waals surface area contributed by atoms with E-state index >= 15 is 0 Å². The number of carbonyl (C=O) groups excluding carboxylic acids is 2. The molecule has 0 aliphatic rings. The van der Waals surface area contributed by atoms with E-state index in [1.165, 1.54) is 13.1 Å². The van der Waals surface area contributed by atoms with E-state index in [1.54, 1.807) is 23.6 Å². The van der Waals surface area contributed by atoms with Crippen LogP contribution in [0.15, 0.2) is 40.4 Å². The number of hydrogen-bond donors (Lipinski definition) is 1. The number of carbonyl (C=O) groups is 2. The SMILES string of the molecule is CC(OC(=O)c1cncc(Br)c1)C(=O)NCc1cccs1. The van der Waals surface area contributed by atoms with Crippen LogP contribution in [0.1, 0.15) is 22.2 Å². The van der Waals surface area contributed by atoms with Gasteiger partial charge in [0.25, 0.3) is 5.91 Å². The van der Waals surface area contributed by atoms with Gasteiger partial charge in [0.2, 0.25) is 0 Å². The molecule has 1 unspecified atom stereocenters. The van der Waals surface area contributed by atoms with Crippen LogP contribution in [0.3, 0.4) is 0 Å². The number of thiophene rings is 1. The molecule has 0 aromatic carbocycles. The molecule has 0 radical (unpaired) electrons. The number of halogens is 1. The number of amides is 1. The summed E-state index contributed by atoms with van der Waals surface area (Å²) in [5.41, 5.74) is 0.294. The smallest absolute Gasteiger partial charge is 0.340 e. The summed E-state index contributed by atoms with van der Waals surface area (Å²) in [6.45, 7) is 1.96. The predicted molar refractivity (Wildman–Crippen MR) is 83.0 cm³/mol. The second-order valence-corrected chi connectivity index (χ2v) is 6.18. The highest BCUT2D eigenvalue weighted by Gasteiger charge is 2.19. The first-order chi connectivity index (χ1) is 10.1. The lowest BCUT2D eigenvalue weighted by Crippen LogP contribution is -2.35. The lowest BCUT2D eigenvalue weighted by Gasteiger charge is -2.13. The van der Waals surface area contributed by atoms with Gasteiger partial charge in [-0.1, -0.05) is 6.07 Å². The van der Waals surface area contributed by atoms with Crippen molar-refractivity contribution in [3.63, 3.8) is 0 Å². The molecule has 5 nitrogen and oxygen atoms in total. The van der Waals surface area contributed by atoms with Crippen LogP contribution in [0.4, 0.5) is 0 Å². The molecule has 1 N–H and O–H groups in total. The molecule has 7 heteroatoms. The number of ether oxygens (including phenoxy) is 1. The number of nitrogens with zero attached hydrogens (tertiary/aromatic N) is 1. The van der Waals surface area contributed by atoms with Gasteiger partial charge in [0.15, 0.2) is 6.10 Å². The van der Waals surface area contributed by atoms with Crippen LogP contribution >= 0.6 is 27.3 Å². The van der Waals surface area contributed by atoms with Gasteiger partial charge in [-0.3, -0.25) is 9.78 Å². The monoisotopic (exact) mass is 368 g/mol. The fourth-order valence-corrected chi connectivity index (χ4v) is 2.55. The first-order valence-corrected chi connectivity index (χ1v) is 7.85. The first-order valence-electron chi connectivity index (χ1n) is 6.18. The minimum absolute atomic E-state index is 0.294. The Morgan fingerprint density at radius 3 is 2.95 bits per heavy atom. The number of hydrogen-bond acceptors (Lipinski definition) is 5. The van der Waals surface area contributed by atoms with Crippen molar-refractivity contribution in [3.05, 3.63) is 50.9 Å². The summed E-state index contributed by atoms with van der Waals surface area (Å²) in [6.07, 6.45) is 2.09. The van der Waals surface area contributed by atoms with Gasteiger partial charge in [-0.15, -0.1) is 11.3 Å². The highest BCUT2D eigenvalue weighted by Crippen LogP contribution is 2.12. The van der Waals surface area contributed by atoms with Crippen LogP contribution in [-0.4, -0.2) is 23.0 Å². The second-order valence-electron chi connectivity index (χ2n) is 4.24. The van der Waals surface area contributed by atoms with Crippen molar-refractivity contribution in [1.82, 2.24) is 10.3 Å². The molecule has 1 atom stereocenters. The number of aromatic nitrogens is 1. The fraction of sp³-hybridized carbons (Fsp3) is 0.214. The van der Waals surface area contributed by atoms with Gasteiger partial charge in [-0.2, -0.15) is 0 Å². The van der Waals surface area contributed by atoms with Crippen LogP contribution in [0, 0.1) is 0 Å². The van der Waals surface area contributed by atoms with E-state index in [9.17, 15) is 9.59 Å². The molecule has 0 saturated carbocycles. The molecular weight excluding hydrogens is 356 g/mol. The Balaban J connectivity index is 1.86. The third-order valence-electron chi connectivity index (χ3n) is 2.61.